The molecule has 20 heavy (non-hydrogen) atoms. The van der Waals surface area contributed by atoms with Gasteiger partial charge in [-0.15, -0.1) is 0 Å². The highest BCUT2D eigenvalue weighted by Gasteiger charge is 2.01. The SMILES string of the molecule is CC.CC.O=C(O)c1ccc(Cc2ccccc2)cc1. The molecule has 0 aromatic heterocycles. The second-order valence-electron chi connectivity index (χ2n) is 3.66. The van der Waals surface area contributed by atoms with Crippen molar-refractivity contribution in [2.75, 3.05) is 0 Å². The molecule has 2 rings (SSSR count). The normalized spacial score (nSPS) is 8.60. The monoisotopic (exact) mass is 272 g/mol. The van der Waals surface area contributed by atoms with Gasteiger partial charge in [-0.05, 0) is 29.7 Å². The van der Waals surface area contributed by atoms with Crippen LogP contribution in [0.25, 0.3) is 0 Å². The van der Waals surface area contributed by atoms with Gasteiger partial charge >= 0.3 is 5.97 Å². The van der Waals surface area contributed by atoms with Crippen molar-refractivity contribution in [3.63, 3.8) is 0 Å². The number of hydrogen-bond acceptors (Lipinski definition) is 1. The van der Waals surface area contributed by atoms with Gasteiger partial charge in [-0.1, -0.05) is 70.2 Å². The van der Waals surface area contributed by atoms with Crippen molar-refractivity contribution in [3.05, 3.63) is 71.3 Å². The summed E-state index contributed by atoms with van der Waals surface area (Å²) in [4.78, 5) is 10.7. The van der Waals surface area contributed by atoms with Gasteiger partial charge < -0.3 is 5.11 Å². The van der Waals surface area contributed by atoms with E-state index in [1.54, 1.807) is 12.1 Å². The lowest BCUT2D eigenvalue weighted by molar-refractivity contribution is 0.0697. The van der Waals surface area contributed by atoms with Crippen LogP contribution in [0.2, 0.25) is 0 Å². The first-order valence-electron chi connectivity index (χ1n) is 7.12. The van der Waals surface area contributed by atoms with Crippen molar-refractivity contribution >= 4 is 5.97 Å². The summed E-state index contributed by atoms with van der Waals surface area (Å²) in [7, 11) is 0. The first kappa shape index (κ1) is 17.9. The molecule has 0 fully saturated rings. The number of carboxylic acids is 1. The Morgan fingerprint density at radius 1 is 0.800 bits per heavy atom. The van der Waals surface area contributed by atoms with E-state index in [1.165, 1.54) is 5.56 Å². The second kappa shape index (κ2) is 10.8. The summed E-state index contributed by atoms with van der Waals surface area (Å²) in [6.45, 7) is 8.00. The Balaban J connectivity index is 0.000000829. The summed E-state index contributed by atoms with van der Waals surface area (Å²) >= 11 is 0. The van der Waals surface area contributed by atoms with Gasteiger partial charge in [0.15, 0.2) is 0 Å². The third-order valence-electron chi connectivity index (χ3n) is 2.45. The molecule has 2 heteroatoms. The van der Waals surface area contributed by atoms with E-state index in [0.717, 1.165) is 12.0 Å². The quantitative estimate of drug-likeness (QED) is 0.851. The third-order valence-corrected chi connectivity index (χ3v) is 2.45. The number of aromatic carboxylic acids is 1. The van der Waals surface area contributed by atoms with Gasteiger partial charge in [0.05, 0.1) is 5.56 Å². The first-order chi connectivity index (χ1) is 9.75. The van der Waals surface area contributed by atoms with Gasteiger partial charge in [0, 0.05) is 0 Å². The van der Waals surface area contributed by atoms with E-state index in [2.05, 4.69) is 12.1 Å². The highest BCUT2D eigenvalue weighted by molar-refractivity contribution is 5.87. The van der Waals surface area contributed by atoms with Crippen LogP contribution >= 0.6 is 0 Å². The maximum Gasteiger partial charge on any atom is 0.335 e. The molecule has 0 spiro atoms. The summed E-state index contributed by atoms with van der Waals surface area (Å²) in [6.07, 6.45) is 0.834. The minimum absolute atomic E-state index is 0.330. The Hall–Kier alpha value is -2.09. The summed E-state index contributed by atoms with van der Waals surface area (Å²) in [5.41, 5.74) is 2.68. The van der Waals surface area contributed by atoms with Gasteiger partial charge in [-0.2, -0.15) is 0 Å². The predicted octanol–water partition coefficient (Wildman–Crippen LogP) is 5.03. The molecule has 0 atom stereocenters. The summed E-state index contributed by atoms with van der Waals surface area (Å²) < 4.78 is 0. The second-order valence-corrected chi connectivity index (χ2v) is 3.66. The number of hydrogen-bond donors (Lipinski definition) is 1. The maximum absolute atomic E-state index is 10.7. The van der Waals surface area contributed by atoms with Crippen molar-refractivity contribution in [2.24, 2.45) is 0 Å². The van der Waals surface area contributed by atoms with Crippen LogP contribution in [0.15, 0.2) is 54.6 Å². The van der Waals surface area contributed by atoms with Crippen LogP contribution < -0.4 is 0 Å². The molecule has 0 heterocycles. The fourth-order valence-corrected chi connectivity index (χ4v) is 1.60. The molecule has 2 aromatic carbocycles. The molecule has 1 N–H and O–H groups in total. The van der Waals surface area contributed by atoms with Crippen molar-refractivity contribution in [1.82, 2.24) is 0 Å². The van der Waals surface area contributed by atoms with E-state index in [9.17, 15) is 4.79 Å². The lowest BCUT2D eigenvalue weighted by Crippen LogP contribution is -1.96. The van der Waals surface area contributed by atoms with Crippen molar-refractivity contribution in [2.45, 2.75) is 34.1 Å². The van der Waals surface area contributed by atoms with Crippen LogP contribution in [-0.4, -0.2) is 11.1 Å². The molecule has 108 valence electrons. The Morgan fingerprint density at radius 3 is 1.70 bits per heavy atom. The lowest BCUT2D eigenvalue weighted by atomic mass is 10.0. The maximum atomic E-state index is 10.7. The van der Waals surface area contributed by atoms with E-state index >= 15 is 0 Å². The van der Waals surface area contributed by atoms with Gasteiger partial charge in [0.2, 0.25) is 0 Å². The van der Waals surface area contributed by atoms with Gasteiger partial charge in [0.1, 0.15) is 0 Å². The highest BCUT2D eigenvalue weighted by Crippen LogP contribution is 2.10. The first-order valence-corrected chi connectivity index (χ1v) is 7.12. The largest absolute Gasteiger partial charge is 0.478 e. The van der Waals surface area contributed by atoms with Gasteiger partial charge in [-0.25, -0.2) is 4.79 Å². The molecule has 0 bridgehead atoms. The average Bonchev–Trinajstić information content (AvgIpc) is 2.53. The summed E-state index contributed by atoms with van der Waals surface area (Å²) in [5, 5.41) is 8.77. The van der Waals surface area contributed by atoms with Gasteiger partial charge in [-0.3, -0.25) is 0 Å². The van der Waals surface area contributed by atoms with E-state index in [1.807, 2.05) is 58.0 Å². The van der Waals surface area contributed by atoms with Crippen molar-refractivity contribution < 1.29 is 9.90 Å². The van der Waals surface area contributed by atoms with Crippen LogP contribution in [-0.2, 0) is 6.42 Å². The lowest BCUT2D eigenvalue weighted by Gasteiger charge is -2.02. The number of carbonyl (C=O) groups is 1. The molecule has 0 radical (unpaired) electrons. The fraction of sp³-hybridized carbons (Fsp3) is 0.278. The number of benzene rings is 2. The van der Waals surface area contributed by atoms with Crippen molar-refractivity contribution in [1.29, 1.82) is 0 Å². The van der Waals surface area contributed by atoms with E-state index < -0.39 is 5.97 Å². The molecule has 0 amide bonds. The smallest absolute Gasteiger partial charge is 0.335 e. The third kappa shape index (κ3) is 6.19. The molecular formula is C18H24O2. The molecule has 0 aliphatic heterocycles. The number of rotatable bonds is 3. The van der Waals surface area contributed by atoms with Crippen LogP contribution in [0.5, 0.6) is 0 Å². The highest BCUT2D eigenvalue weighted by atomic mass is 16.4. The van der Waals surface area contributed by atoms with Crippen molar-refractivity contribution in [3.8, 4) is 0 Å². The summed E-state index contributed by atoms with van der Waals surface area (Å²) in [5.74, 6) is -0.883. The molecule has 0 saturated heterocycles. The van der Waals surface area contributed by atoms with Crippen LogP contribution in [0, 0.1) is 0 Å². The topological polar surface area (TPSA) is 37.3 Å². The predicted molar refractivity (Wildman–Crippen MR) is 85.3 cm³/mol. The van der Waals surface area contributed by atoms with E-state index in [4.69, 9.17) is 5.11 Å². The minimum atomic E-state index is -0.883. The Labute approximate surface area is 122 Å². The molecule has 0 aliphatic carbocycles. The average molecular weight is 272 g/mol. The Kier molecular flexibility index (Phi) is 9.67. The number of carboxylic acid groups (broad SMARTS) is 1. The molecule has 0 unspecified atom stereocenters. The van der Waals surface area contributed by atoms with E-state index in [0.29, 0.717) is 5.56 Å². The fourth-order valence-electron chi connectivity index (χ4n) is 1.60. The minimum Gasteiger partial charge on any atom is -0.478 e. The summed E-state index contributed by atoms with van der Waals surface area (Å²) in [6, 6.07) is 17.1. The zero-order valence-electron chi connectivity index (χ0n) is 12.8. The van der Waals surface area contributed by atoms with Crippen LogP contribution in [0.4, 0.5) is 0 Å². The molecule has 0 saturated carbocycles. The molecule has 2 nitrogen and oxygen atoms in total. The zero-order chi connectivity index (χ0) is 15.4. The standard InChI is InChI=1S/C14H12O2.2C2H6/c15-14(16)13-8-6-12(7-9-13)10-11-4-2-1-3-5-11;2*1-2/h1-9H,10H2,(H,15,16);2*1-2H3. The van der Waals surface area contributed by atoms with E-state index in [-0.39, 0.29) is 0 Å². The Morgan fingerprint density at radius 2 is 1.25 bits per heavy atom. The van der Waals surface area contributed by atoms with Crippen LogP contribution in [0.1, 0.15) is 49.2 Å². The van der Waals surface area contributed by atoms with Gasteiger partial charge in [0.25, 0.3) is 0 Å². The van der Waals surface area contributed by atoms with Crippen LogP contribution in [0.3, 0.4) is 0 Å². The Bertz CT molecular complexity index is 473. The molecule has 2 aromatic rings. The molecule has 0 aliphatic rings. The molecular weight excluding hydrogens is 248 g/mol. The zero-order valence-corrected chi connectivity index (χ0v) is 12.8.